The van der Waals surface area contributed by atoms with Crippen molar-refractivity contribution in [3.8, 4) is 0 Å². The Morgan fingerprint density at radius 2 is 1.56 bits per heavy atom. The Labute approximate surface area is 52.7 Å². The van der Waals surface area contributed by atoms with Crippen molar-refractivity contribution in [1.29, 1.82) is 0 Å². The molecule has 4 nitrogen and oxygen atoms in total. The van der Waals surface area contributed by atoms with Crippen LogP contribution in [0.25, 0.3) is 0 Å². The molecule has 0 amide bonds. The average molecular weight is 134 g/mol. The lowest BCUT2D eigenvalue weighted by Gasteiger charge is -2.17. The predicted molar refractivity (Wildman–Crippen MR) is 30.5 cm³/mol. The molecular weight excluding hydrogens is 124 g/mol. The van der Waals surface area contributed by atoms with E-state index in [1.807, 2.05) is 0 Å². The summed E-state index contributed by atoms with van der Waals surface area (Å²) in [6, 6.07) is 0. The summed E-state index contributed by atoms with van der Waals surface area (Å²) in [5.41, 5.74) is 0. The lowest BCUT2D eigenvalue weighted by Crippen LogP contribution is -2.15. The van der Waals surface area contributed by atoms with Crippen molar-refractivity contribution in [2.75, 3.05) is 0 Å². The molecule has 0 bridgehead atoms. The quantitative estimate of drug-likeness (QED) is 0.457. The zero-order chi connectivity index (χ0) is 7.28. The molecule has 0 radical (unpaired) electrons. The Balaban J connectivity index is 0.000000148. The van der Waals surface area contributed by atoms with E-state index in [1.54, 1.807) is 0 Å². The van der Waals surface area contributed by atoms with Crippen LogP contribution in [0.2, 0.25) is 0 Å². The molecule has 0 unspecified atom stereocenters. The van der Waals surface area contributed by atoms with Crippen LogP contribution in [0.1, 0.15) is 19.3 Å². The first-order valence-corrected chi connectivity index (χ1v) is 2.73. The van der Waals surface area contributed by atoms with E-state index in [-0.39, 0.29) is 6.10 Å². The van der Waals surface area contributed by atoms with Crippen LogP contribution in [0.3, 0.4) is 0 Å². The number of aliphatic hydroxyl groups excluding tert-OH is 1. The standard InChI is InChI=1S/C4H8O.CH2O3/c5-4-2-1-3-4;2-1(3)4/h4-5H,1-3H2;(H2,2,3,4). The maximum absolute atomic E-state index is 8.56. The maximum Gasteiger partial charge on any atom is 0.503 e. The second-order valence-corrected chi connectivity index (χ2v) is 1.87. The van der Waals surface area contributed by atoms with Gasteiger partial charge in [0.15, 0.2) is 0 Å². The molecule has 0 aromatic carbocycles. The van der Waals surface area contributed by atoms with Crippen LogP contribution in [-0.2, 0) is 0 Å². The van der Waals surface area contributed by atoms with Crippen molar-refractivity contribution in [2.24, 2.45) is 0 Å². The van der Waals surface area contributed by atoms with E-state index in [0.717, 1.165) is 12.8 Å². The largest absolute Gasteiger partial charge is 0.503 e. The number of hydrogen-bond donors (Lipinski definition) is 3. The molecule has 1 aliphatic rings. The van der Waals surface area contributed by atoms with Gasteiger partial charge in [-0.15, -0.1) is 0 Å². The third-order valence-corrected chi connectivity index (χ3v) is 1.07. The van der Waals surface area contributed by atoms with Gasteiger partial charge in [0, 0.05) is 0 Å². The molecule has 0 spiro atoms. The Kier molecular flexibility index (Phi) is 3.79. The van der Waals surface area contributed by atoms with Gasteiger partial charge in [0.05, 0.1) is 6.10 Å². The fraction of sp³-hybridized carbons (Fsp3) is 0.800. The molecule has 1 fully saturated rings. The van der Waals surface area contributed by atoms with Crippen molar-refractivity contribution in [3.05, 3.63) is 0 Å². The van der Waals surface area contributed by atoms with Gasteiger partial charge in [-0.3, -0.25) is 0 Å². The molecule has 9 heavy (non-hydrogen) atoms. The molecule has 3 N–H and O–H groups in total. The molecule has 0 aromatic rings. The molecule has 1 aliphatic carbocycles. The summed E-state index contributed by atoms with van der Waals surface area (Å²) < 4.78 is 0. The van der Waals surface area contributed by atoms with Gasteiger partial charge in [0.25, 0.3) is 0 Å². The predicted octanol–water partition coefficient (Wildman–Crippen LogP) is 0.754. The molecule has 0 aromatic heterocycles. The van der Waals surface area contributed by atoms with E-state index in [1.165, 1.54) is 6.42 Å². The van der Waals surface area contributed by atoms with Crippen molar-refractivity contribution in [3.63, 3.8) is 0 Å². The molecule has 1 rings (SSSR count). The molecule has 54 valence electrons. The number of carboxylic acid groups (broad SMARTS) is 2. The third kappa shape index (κ3) is 7.23. The fourth-order valence-corrected chi connectivity index (χ4v) is 0.387. The van der Waals surface area contributed by atoms with Crippen LogP contribution < -0.4 is 0 Å². The zero-order valence-electron chi connectivity index (χ0n) is 4.95. The van der Waals surface area contributed by atoms with Crippen LogP contribution >= 0.6 is 0 Å². The summed E-state index contributed by atoms with van der Waals surface area (Å²) in [6.07, 6.45) is 1.55. The van der Waals surface area contributed by atoms with Gasteiger partial charge in [-0.05, 0) is 19.3 Å². The van der Waals surface area contributed by atoms with Gasteiger partial charge in [-0.25, -0.2) is 4.79 Å². The Morgan fingerprint density at radius 1 is 1.33 bits per heavy atom. The number of carbonyl (C=O) groups is 1. The summed E-state index contributed by atoms with van der Waals surface area (Å²) in [7, 11) is 0. The number of hydrogen-bond acceptors (Lipinski definition) is 2. The topological polar surface area (TPSA) is 77.8 Å². The second kappa shape index (κ2) is 4.14. The van der Waals surface area contributed by atoms with E-state index >= 15 is 0 Å². The van der Waals surface area contributed by atoms with Crippen LogP contribution in [0.4, 0.5) is 4.79 Å². The van der Waals surface area contributed by atoms with E-state index in [9.17, 15) is 0 Å². The minimum Gasteiger partial charge on any atom is -0.450 e. The Hall–Kier alpha value is -0.770. The first-order valence-electron chi connectivity index (χ1n) is 2.73. The SMILES string of the molecule is O=C(O)O.OC1CCC1. The third-order valence-electron chi connectivity index (χ3n) is 1.07. The highest BCUT2D eigenvalue weighted by molar-refractivity contribution is 5.53. The minimum absolute atomic E-state index is 0.0648. The Morgan fingerprint density at radius 3 is 1.56 bits per heavy atom. The first kappa shape index (κ1) is 8.23. The van der Waals surface area contributed by atoms with Gasteiger partial charge < -0.3 is 15.3 Å². The monoisotopic (exact) mass is 134 g/mol. The summed E-state index contributed by atoms with van der Waals surface area (Å²) in [5.74, 6) is 0. The fourth-order valence-electron chi connectivity index (χ4n) is 0.387. The molecule has 4 heteroatoms. The number of rotatable bonds is 0. The maximum atomic E-state index is 8.56. The molecule has 0 heterocycles. The summed E-state index contributed by atoms with van der Waals surface area (Å²) in [4.78, 5) is 8.56. The van der Waals surface area contributed by atoms with Gasteiger partial charge in [0.2, 0.25) is 0 Å². The highest BCUT2D eigenvalue weighted by Crippen LogP contribution is 2.16. The second-order valence-electron chi connectivity index (χ2n) is 1.87. The van der Waals surface area contributed by atoms with Crippen LogP contribution in [-0.4, -0.2) is 27.6 Å². The first-order chi connectivity index (χ1) is 4.13. The minimum atomic E-state index is -1.83. The van der Waals surface area contributed by atoms with Crippen molar-refractivity contribution in [1.82, 2.24) is 0 Å². The highest BCUT2D eigenvalue weighted by Gasteiger charge is 2.11. The smallest absolute Gasteiger partial charge is 0.450 e. The molecule has 0 atom stereocenters. The van der Waals surface area contributed by atoms with Crippen molar-refractivity contribution < 1.29 is 20.1 Å². The van der Waals surface area contributed by atoms with Crippen LogP contribution in [0, 0.1) is 0 Å². The highest BCUT2D eigenvalue weighted by atomic mass is 16.6. The van der Waals surface area contributed by atoms with Gasteiger partial charge in [-0.1, -0.05) is 0 Å². The molecule has 0 aliphatic heterocycles. The molecule has 1 saturated carbocycles. The summed E-state index contributed by atoms with van der Waals surface area (Å²) >= 11 is 0. The van der Waals surface area contributed by atoms with Crippen LogP contribution in [0.15, 0.2) is 0 Å². The van der Waals surface area contributed by atoms with E-state index in [2.05, 4.69) is 0 Å². The average Bonchev–Trinajstić information content (AvgIpc) is 1.59. The van der Waals surface area contributed by atoms with E-state index in [4.69, 9.17) is 20.1 Å². The van der Waals surface area contributed by atoms with E-state index in [0.29, 0.717) is 0 Å². The summed E-state index contributed by atoms with van der Waals surface area (Å²) in [6.45, 7) is 0. The lowest BCUT2D eigenvalue weighted by atomic mass is 9.97. The van der Waals surface area contributed by atoms with Crippen LogP contribution in [0.5, 0.6) is 0 Å². The van der Waals surface area contributed by atoms with Crippen molar-refractivity contribution in [2.45, 2.75) is 25.4 Å². The van der Waals surface area contributed by atoms with Gasteiger partial charge >= 0.3 is 6.16 Å². The normalized spacial score (nSPS) is 17.0. The lowest BCUT2D eigenvalue weighted by molar-refractivity contribution is 0.0950. The zero-order valence-corrected chi connectivity index (χ0v) is 4.95. The Bertz CT molecular complexity index is 83.0. The number of aliphatic hydroxyl groups is 1. The van der Waals surface area contributed by atoms with E-state index < -0.39 is 6.16 Å². The van der Waals surface area contributed by atoms with Crippen molar-refractivity contribution >= 4 is 6.16 Å². The molecular formula is C5H10O4. The van der Waals surface area contributed by atoms with Gasteiger partial charge in [-0.2, -0.15) is 0 Å². The summed E-state index contributed by atoms with van der Waals surface area (Å²) in [5, 5.41) is 22.4. The molecule has 0 saturated heterocycles. The van der Waals surface area contributed by atoms with Gasteiger partial charge in [0.1, 0.15) is 0 Å².